The predicted molar refractivity (Wildman–Crippen MR) is 82.5 cm³/mol. The van der Waals surface area contributed by atoms with Crippen molar-refractivity contribution in [1.29, 1.82) is 0 Å². The van der Waals surface area contributed by atoms with E-state index in [-0.39, 0.29) is 17.9 Å². The molecule has 1 saturated carbocycles. The van der Waals surface area contributed by atoms with Gasteiger partial charge in [0.15, 0.2) is 0 Å². The van der Waals surface area contributed by atoms with Gasteiger partial charge in [-0.2, -0.15) is 0 Å². The van der Waals surface area contributed by atoms with Gasteiger partial charge < -0.3 is 10.6 Å². The van der Waals surface area contributed by atoms with Gasteiger partial charge in [-0.15, -0.1) is 0 Å². The van der Waals surface area contributed by atoms with Gasteiger partial charge in [0.25, 0.3) is 0 Å². The molecule has 0 spiro atoms. The quantitative estimate of drug-likeness (QED) is 0.829. The zero-order chi connectivity index (χ0) is 14.9. The molecule has 1 aliphatic rings. The molecule has 0 bridgehead atoms. The van der Waals surface area contributed by atoms with Crippen molar-refractivity contribution in [2.75, 3.05) is 5.32 Å². The molecular weight excluding hydrogens is 320 g/mol. The van der Waals surface area contributed by atoms with E-state index in [1.165, 1.54) is 0 Å². The van der Waals surface area contributed by atoms with Crippen LogP contribution in [0.15, 0.2) is 22.7 Å². The molecule has 2 rings (SSSR count). The zero-order valence-corrected chi connectivity index (χ0v) is 13.5. The van der Waals surface area contributed by atoms with Crippen LogP contribution in [0.2, 0.25) is 0 Å². The Morgan fingerprint density at radius 1 is 1.25 bits per heavy atom. The molecule has 1 aromatic carbocycles. The SMILES string of the molecule is Cc1ccc(NC(=O)C(C)(C)C(=O)NC2CC2)cc1Br. The van der Waals surface area contributed by atoms with E-state index in [0.29, 0.717) is 5.69 Å². The van der Waals surface area contributed by atoms with Crippen molar-refractivity contribution in [1.82, 2.24) is 5.32 Å². The van der Waals surface area contributed by atoms with Crippen molar-refractivity contribution < 1.29 is 9.59 Å². The summed E-state index contributed by atoms with van der Waals surface area (Å²) in [6.45, 7) is 5.26. The van der Waals surface area contributed by atoms with Crippen molar-refractivity contribution in [2.45, 2.75) is 39.7 Å². The minimum absolute atomic E-state index is 0.219. The summed E-state index contributed by atoms with van der Waals surface area (Å²) in [5.74, 6) is -0.518. The summed E-state index contributed by atoms with van der Waals surface area (Å²) >= 11 is 3.43. The lowest BCUT2D eigenvalue weighted by molar-refractivity contribution is -0.138. The first-order valence-corrected chi connectivity index (χ1v) is 7.48. The molecule has 0 aliphatic heterocycles. The second kappa shape index (κ2) is 5.56. The molecule has 1 fully saturated rings. The van der Waals surface area contributed by atoms with E-state index in [4.69, 9.17) is 0 Å². The number of aryl methyl sites for hydroxylation is 1. The van der Waals surface area contributed by atoms with Crippen LogP contribution >= 0.6 is 15.9 Å². The number of nitrogens with one attached hydrogen (secondary N) is 2. The highest BCUT2D eigenvalue weighted by atomic mass is 79.9. The predicted octanol–water partition coefficient (Wildman–Crippen LogP) is 3.00. The molecule has 2 amide bonds. The molecule has 0 saturated heterocycles. The summed E-state index contributed by atoms with van der Waals surface area (Å²) in [5.41, 5.74) is 0.688. The molecule has 1 aliphatic carbocycles. The molecule has 0 radical (unpaired) electrons. The van der Waals surface area contributed by atoms with Crippen molar-refractivity contribution in [3.05, 3.63) is 28.2 Å². The minimum atomic E-state index is -1.08. The van der Waals surface area contributed by atoms with E-state index in [0.717, 1.165) is 22.9 Å². The van der Waals surface area contributed by atoms with Crippen molar-refractivity contribution in [3.8, 4) is 0 Å². The molecule has 0 heterocycles. The lowest BCUT2D eigenvalue weighted by Crippen LogP contribution is -2.45. The van der Waals surface area contributed by atoms with Gasteiger partial charge in [-0.1, -0.05) is 22.0 Å². The molecule has 1 aromatic rings. The number of hydrogen-bond donors (Lipinski definition) is 2. The van der Waals surface area contributed by atoms with E-state index in [2.05, 4.69) is 26.6 Å². The molecule has 108 valence electrons. The topological polar surface area (TPSA) is 58.2 Å². The van der Waals surface area contributed by atoms with Gasteiger partial charge in [0.1, 0.15) is 5.41 Å². The monoisotopic (exact) mass is 338 g/mol. The van der Waals surface area contributed by atoms with Crippen molar-refractivity contribution in [3.63, 3.8) is 0 Å². The Kier molecular flexibility index (Phi) is 4.18. The van der Waals surface area contributed by atoms with Crippen LogP contribution in [0.25, 0.3) is 0 Å². The molecule has 2 N–H and O–H groups in total. The van der Waals surface area contributed by atoms with Crippen molar-refractivity contribution in [2.24, 2.45) is 5.41 Å². The Balaban J connectivity index is 2.05. The molecule has 4 nitrogen and oxygen atoms in total. The highest BCUT2D eigenvalue weighted by Gasteiger charge is 2.38. The third kappa shape index (κ3) is 3.39. The number of rotatable bonds is 4. The van der Waals surface area contributed by atoms with Crippen LogP contribution in [0.3, 0.4) is 0 Å². The molecule has 0 aromatic heterocycles. The highest BCUT2D eigenvalue weighted by molar-refractivity contribution is 9.10. The fourth-order valence-electron chi connectivity index (χ4n) is 1.65. The summed E-state index contributed by atoms with van der Waals surface area (Å²) in [7, 11) is 0. The summed E-state index contributed by atoms with van der Waals surface area (Å²) < 4.78 is 0.926. The average molecular weight is 339 g/mol. The first kappa shape index (κ1) is 15.0. The molecule has 0 atom stereocenters. The number of carbonyl (C=O) groups is 2. The van der Waals surface area contributed by atoms with Gasteiger partial charge in [0.2, 0.25) is 11.8 Å². The van der Waals surface area contributed by atoms with Gasteiger partial charge in [-0.3, -0.25) is 9.59 Å². The van der Waals surface area contributed by atoms with Crippen LogP contribution in [0.5, 0.6) is 0 Å². The maximum absolute atomic E-state index is 12.3. The summed E-state index contributed by atoms with van der Waals surface area (Å²) in [6, 6.07) is 5.83. The standard InChI is InChI=1S/C15H19BrN2O2/c1-9-4-5-11(8-12(9)16)18-14(20)15(2,3)13(19)17-10-6-7-10/h4-5,8,10H,6-7H2,1-3H3,(H,17,19)(H,18,20). The van der Waals surface area contributed by atoms with E-state index >= 15 is 0 Å². The number of halogens is 1. The van der Waals surface area contributed by atoms with Gasteiger partial charge >= 0.3 is 0 Å². The number of amides is 2. The Bertz CT molecular complexity index is 551. The molecule has 5 heteroatoms. The maximum Gasteiger partial charge on any atom is 0.239 e. The van der Waals surface area contributed by atoms with E-state index in [1.807, 2.05) is 25.1 Å². The Morgan fingerprint density at radius 2 is 1.90 bits per heavy atom. The second-order valence-corrected chi connectivity index (χ2v) is 6.65. The van der Waals surface area contributed by atoms with Crippen LogP contribution in [0.4, 0.5) is 5.69 Å². The lowest BCUT2D eigenvalue weighted by Gasteiger charge is -2.22. The Labute approximate surface area is 127 Å². The van der Waals surface area contributed by atoms with Gasteiger partial charge in [-0.25, -0.2) is 0 Å². The first-order valence-electron chi connectivity index (χ1n) is 6.69. The largest absolute Gasteiger partial charge is 0.352 e. The third-order valence-electron chi connectivity index (χ3n) is 3.48. The highest BCUT2D eigenvalue weighted by Crippen LogP contribution is 2.25. The van der Waals surface area contributed by atoms with Gasteiger partial charge in [0.05, 0.1) is 0 Å². The van der Waals surface area contributed by atoms with Gasteiger partial charge in [0, 0.05) is 16.2 Å². The Hall–Kier alpha value is -1.36. The van der Waals surface area contributed by atoms with Gasteiger partial charge in [-0.05, 0) is 51.3 Å². The molecule has 20 heavy (non-hydrogen) atoms. The van der Waals surface area contributed by atoms with E-state index in [1.54, 1.807) is 13.8 Å². The van der Waals surface area contributed by atoms with Crippen LogP contribution in [-0.2, 0) is 9.59 Å². The number of carbonyl (C=O) groups excluding carboxylic acids is 2. The normalized spacial score (nSPS) is 14.8. The average Bonchev–Trinajstić information content (AvgIpc) is 3.17. The maximum atomic E-state index is 12.3. The van der Waals surface area contributed by atoms with E-state index < -0.39 is 5.41 Å². The fourth-order valence-corrected chi connectivity index (χ4v) is 2.03. The number of benzene rings is 1. The third-order valence-corrected chi connectivity index (χ3v) is 4.33. The molecular formula is C15H19BrN2O2. The zero-order valence-electron chi connectivity index (χ0n) is 11.9. The smallest absolute Gasteiger partial charge is 0.239 e. The van der Waals surface area contributed by atoms with Crippen LogP contribution in [-0.4, -0.2) is 17.9 Å². The van der Waals surface area contributed by atoms with Crippen molar-refractivity contribution >= 4 is 33.4 Å². The van der Waals surface area contributed by atoms with Crippen LogP contribution in [0, 0.1) is 12.3 Å². The van der Waals surface area contributed by atoms with E-state index in [9.17, 15) is 9.59 Å². The number of anilines is 1. The Morgan fingerprint density at radius 3 is 2.45 bits per heavy atom. The number of hydrogen-bond acceptors (Lipinski definition) is 2. The summed E-state index contributed by atoms with van der Waals surface area (Å²) in [4.78, 5) is 24.4. The van der Waals surface area contributed by atoms with Crippen LogP contribution < -0.4 is 10.6 Å². The lowest BCUT2D eigenvalue weighted by atomic mass is 9.91. The first-order chi connectivity index (χ1) is 9.30. The minimum Gasteiger partial charge on any atom is -0.352 e. The fraction of sp³-hybridized carbons (Fsp3) is 0.467. The summed E-state index contributed by atoms with van der Waals surface area (Å²) in [6.07, 6.45) is 2.02. The van der Waals surface area contributed by atoms with Crippen LogP contribution in [0.1, 0.15) is 32.3 Å². The molecule has 0 unspecified atom stereocenters. The summed E-state index contributed by atoms with van der Waals surface area (Å²) in [5, 5.41) is 5.67. The second-order valence-electron chi connectivity index (χ2n) is 5.79.